The number of aryl methyl sites for hydroxylation is 3. The Bertz CT molecular complexity index is 699. The number of nitrogens with zero attached hydrogens (tertiary/aromatic N) is 1. The molecule has 4 nitrogen and oxygen atoms in total. The maximum Gasteiger partial charge on any atom is 0.193 e. The predicted molar refractivity (Wildman–Crippen MR) is 108 cm³/mol. The molecule has 0 aliphatic rings. The molecular formula is C18H24IN3O. The first-order valence-electron chi connectivity index (χ1n) is 7.27. The second-order valence-corrected chi connectivity index (χ2v) is 5.43. The monoisotopic (exact) mass is 425 g/mol. The zero-order valence-corrected chi connectivity index (χ0v) is 16.3. The Morgan fingerprint density at radius 2 is 1.78 bits per heavy atom. The van der Waals surface area contributed by atoms with Crippen LogP contribution in [0.3, 0.4) is 0 Å². The third-order valence-corrected chi connectivity index (χ3v) is 3.67. The van der Waals surface area contributed by atoms with Gasteiger partial charge in [0.05, 0.1) is 13.7 Å². The van der Waals surface area contributed by atoms with Crippen LogP contribution < -0.4 is 15.8 Å². The second kappa shape index (κ2) is 8.76. The van der Waals surface area contributed by atoms with Crippen LogP contribution in [0, 0.1) is 20.8 Å². The van der Waals surface area contributed by atoms with Gasteiger partial charge in [0.25, 0.3) is 0 Å². The molecule has 23 heavy (non-hydrogen) atoms. The molecule has 5 heteroatoms. The number of rotatable bonds is 4. The first-order valence-corrected chi connectivity index (χ1v) is 7.27. The summed E-state index contributed by atoms with van der Waals surface area (Å²) in [4.78, 5) is 4.38. The summed E-state index contributed by atoms with van der Waals surface area (Å²) in [7, 11) is 1.67. The number of ether oxygens (including phenoxy) is 1. The number of anilines is 1. The van der Waals surface area contributed by atoms with Crippen LogP contribution >= 0.6 is 24.0 Å². The van der Waals surface area contributed by atoms with Crippen LogP contribution in [0.2, 0.25) is 0 Å². The molecule has 0 spiro atoms. The number of nitrogens with two attached hydrogens (primary N) is 1. The Balaban J connectivity index is 0.00000264. The first-order chi connectivity index (χ1) is 10.5. The Morgan fingerprint density at radius 1 is 1.04 bits per heavy atom. The predicted octanol–water partition coefficient (Wildman–Crippen LogP) is 4.17. The molecule has 0 atom stereocenters. The summed E-state index contributed by atoms with van der Waals surface area (Å²) in [5, 5.41) is 3.12. The van der Waals surface area contributed by atoms with Gasteiger partial charge in [-0.25, -0.2) is 4.99 Å². The van der Waals surface area contributed by atoms with Crippen LogP contribution in [0.25, 0.3) is 0 Å². The van der Waals surface area contributed by atoms with Crippen molar-refractivity contribution < 1.29 is 4.74 Å². The van der Waals surface area contributed by atoms with E-state index >= 15 is 0 Å². The van der Waals surface area contributed by atoms with Crippen molar-refractivity contribution in [1.82, 2.24) is 0 Å². The summed E-state index contributed by atoms with van der Waals surface area (Å²) >= 11 is 0. The van der Waals surface area contributed by atoms with Crippen LogP contribution in [-0.4, -0.2) is 13.1 Å². The van der Waals surface area contributed by atoms with E-state index in [2.05, 4.69) is 42.4 Å². The van der Waals surface area contributed by atoms with Gasteiger partial charge in [-0.1, -0.05) is 18.2 Å². The van der Waals surface area contributed by atoms with E-state index in [1.54, 1.807) is 7.11 Å². The Labute approximate surface area is 155 Å². The normalized spacial score (nSPS) is 10.9. The van der Waals surface area contributed by atoms with Crippen LogP contribution in [0.1, 0.15) is 22.3 Å². The molecule has 0 aliphatic heterocycles. The van der Waals surface area contributed by atoms with E-state index in [0.717, 1.165) is 22.6 Å². The van der Waals surface area contributed by atoms with Crippen molar-refractivity contribution in [1.29, 1.82) is 0 Å². The maximum atomic E-state index is 5.95. The molecule has 0 bridgehead atoms. The standard InChI is InChI=1S/C18H23N3O.HI/c1-12-5-7-16(10-13(12)2)21-18(19)20-11-15-6-8-17(22-4)14(3)9-15;/h5-10H,11H2,1-4H3,(H3,19,20,21);1H. The quantitative estimate of drug-likeness (QED) is 0.439. The summed E-state index contributed by atoms with van der Waals surface area (Å²) in [5.41, 5.74) is 11.6. The number of guanidine groups is 1. The average molecular weight is 425 g/mol. The lowest BCUT2D eigenvalue weighted by Gasteiger charge is -2.09. The van der Waals surface area contributed by atoms with E-state index < -0.39 is 0 Å². The zero-order chi connectivity index (χ0) is 16.1. The van der Waals surface area contributed by atoms with Crippen LogP contribution in [0.15, 0.2) is 41.4 Å². The minimum Gasteiger partial charge on any atom is -0.496 e. The molecule has 0 amide bonds. The smallest absolute Gasteiger partial charge is 0.193 e. The molecule has 0 aromatic heterocycles. The molecule has 0 radical (unpaired) electrons. The van der Waals surface area contributed by atoms with E-state index in [9.17, 15) is 0 Å². The van der Waals surface area contributed by atoms with Gasteiger partial charge in [0, 0.05) is 5.69 Å². The molecule has 0 saturated heterocycles. The van der Waals surface area contributed by atoms with Crippen molar-refractivity contribution >= 4 is 35.6 Å². The van der Waals surface area contributed by atoms with Crippen molar-refractivity contribution in [3.8, 4) is 5.75 Å². The van der Waals surface area contributed by atoms with Crippen LogP contribution in [0.4, 0.5) is 5.69 Å². The van der Waals surface area contributed by atoms with E-state index in [0.29, 0.717) is 12.5 Å². The fourth-order valence-corrected chi connectivity index (χ4v) is 2.22. The summed E-state index contributed by atoms with van der Waals surface area (Å²) in [6.07, 6.45) is 0. The third kappa shape index (κ3) is 5.42. The lowest BCUT2D eigenvalue weighted by atomic mass is 10.1. The molecule has 0 fully saturated rings. The van der Waals surface area contributed by atoms with Crippen molar-refractivity contribution in [2.45, 2.75) is 27.3 Å². The van der Waals surface area contributed by atoms with Crippen molar-refractivity contribution in [2.75, 3.05) is 12.4 Å². The fourth-order valence-electron chi connectivity index (χ4n) is 2.22. The van der Waals surface area contributed by atoms with Gasteiger partial charge in [-0.3, -0.25) is 0 Å². The highest BCUT2D eigenvalue weighted by atomic mass is 127. The van der Waals surface area contributed by atoms with Crippen LogP contribution in [-0.2, 0) is 6.54 Å². The van der Waals surface area contributed by atoms with E-state index in [1.165, 1.54) is 11.1 Å². The van der Waals surface area contributed by atoms with E-state index in [1.807, 2.05) is 25.1 Å². The molecule has 0 saturated carbocycles. The van der Waals surface area contributed by atoms with Gasteiger partial charge < -0.3 is 15.8 Å². The van der Waals surface area contributed by atoms with Crippen molar-refractivity contribution in [3.63, 3.8) is 0 Å². The molecular weight excluding hydrogens is 401 g/mol. The third-order valence-electron chi connectivity index (χ3n) is 3.67. The number of benzene rings is 2. The van der Waals surface area contributed by atoms with Crippen molar-refractivity contribution in [3.05, 3.63) is 58.7 Å². The van der Waals surface area contributed by atoms with Gasteiger partial charge >= 0.3 is 0 Å². The lowest BCUT2D eigenvalue weighted by molar-refractivity contribution is 0.411. The van der Waals surface area contributed by atoms with Gasteiger partial charge in [-0.15, -0.1) is 24.0 Å². The number of nitrogens with one attached hydrogen (secondary N) is 1. The van der Waals surface area contributed by atoms with Crippen LogP contribution in [0.5, 0.6) is 5.75 Å². The molecule has 124 valence electrons. The lowest BCUT2D eigenvalue weighted by Crippen LogP contribution is -2.22. The summed E-state index contributed by atoms with van der Waals surface area (Å²) < 4.78 is 5.25. The molecule has 0 aliphatic carbocycles. The van der Waals surface area contributed by atoms with Gasteiger partial charge in [-0.2, -0.15) is 0 Å². The zero-order valence-electron chi connectivity index (χ0n) is 14.0. The Morgan fingerprint density at radius 3 is 2.39 bits per heavy atom. The number of methoxy groups -OCH3 is 1. The number of hydrogen-bond acceptors (Lipinski definition) is 2. The first kappa shape index (κ1) is 19.3. The highest BCUT2D eigenvalue weighted by Crippen LogP contribution is 2.19. The molecule has 2 aromatic rings. The van der Waals surface area contributed by atoms with Gasteiger partial charge in [0.15, 0.2) is 5.96 Å². The SMILES string of the molecule is COc1ccc(CN=C(N)Nc2ccc(C)c(C)c2)cc1C.I. The second-order valence-electron chi connectivity index (χ2n) is 5.43. The summed E-state index contributed by atoms with van der Waals surface area (Å²) in [5.74, 6) is 1.30. The minimum absolute atomic E-state index is 0. The van der Waals surface area contributed by atoms with Gasteiger partial charge in [-0.05, 0) is 61.2 Å². The number of aliphatic imine (C=N–C) groups is 1. The highest BCUT2D eigenvalue weighted by molar-refractivity contribution is 14.0. The molecule has 0 unspecified atom stereocenters. The van der Waals surface area contributed by atoms with Gasteiger partial charge in [0.2, 0.25) is 0 Å². The fraction of sp³-hybridized carbons (Fsp3) is 0.278. The summed E-state index contributed by atoms with van der Waals surface area (Å²) in [6.45, 7) is 6.72. The molecule has 2 rings (SSSR count). The average Bonchev–Trinajstić information content (AvgIpc) is 2.49. The Kier molecular flexibility index (Phi) is 7.35. The summed E-state index contributed by atoms with van der Waals surface area (Å²) in [6, 6.07) is 12.1. The van der Waals surface area contributed by atoms with E-state index in [4.69, 9.17) is 10.5 Å². The molecule has 3 N–H and O–H groups in total. The molecule has 0 heterocycles. The minimum atomic E-state index is 0. The van der Waals surface area contributed by atoms with Crippen molar-refractivity contribution in [2.24, 2.45) is 10.7 Å². The van der Waals surface area contributed by atoms with E-state index in [-0.39, 0.29) is 24.0 Å². The van der Waals surface area contributed by atoms with Gasteiger partial charge in [0.1, 0.15) is 5.75 Å². The maximum absolute atomic E-state index is 5.95. The largest absolute Gasteiger partial charge is 0.496 e. The highest BCUT2D eigenvalue weighted by Gasteiger charge is 2.01. The number of halogens is 1. The Hall–Kier alpha value is -1.76. The topological polar surface area (TPSA) is 59.6 Å². The molecule has 2 aromatic carbocycles. The number of hydrogen-bond donors (Lipinski definition) is 2.